The highest BCUT2D eigenvalue weighted by atomic mass is 19.1. The van der Waals surface area contributed by atoms with Gasteiger partial charge in [0.2, 0.25) is 17.7 Å². The summed E-state index contributed by atoms with van der Waals surface area (Å²) in [5, 5.41) is 20.6. The van der Waals surface area contributed by atoms with Crippen LogP contribution in [-0.4, -0.2) is 90.5 Å². The Morgan fingerprint density at radius 2 is 1.68 bits per heavy atom. The average Bonchev–Trinajstić information content (AvgIpc) is 3.00. The third-order valence-electron chi connectivity index (χ3n) is 7.89. The number of oxime groups is 1. The minimum atomic E-state index is -1.47. The second-order valence-corrected chi connectivity index (χ2v) is 11.7. The second-order valence-electron chi connectivity index (χ2n) is 11.7. The molecule has 16 heteroatoms. The summed E-state index contributed by atoms with van der Waals surface area (Å²) in [6.07, 6.45) is 0.0120. The van der Waals surface area contributed by atoms with Crippen molar-refractivity contribution in [1.82, 2.24) is 16.0 Å². The van der Waals surface area contributed by atoms with Crippen LogP contribution in [0.15, 0.2) is 40.5 Å². The fraction of sp³-hybridized carbons (Fsp3) is 0.548. The van der Waals surface area contributed by atoms with E-state index in [2.05, 4.69) is 26.1 Å². The maximum atomic E-state index is 13.8. The maximum Gasteiger partial charge on any atom is 0.305 e. The van der Waals surface area contributed by atoms with Crippen LogP contribution in [-0.2, 0) is 40.0 Å². The quantitative estimate of drug-likeness (QED) is 0.0744. The standard InChI is InChI=1S/C31H42FN7O8/c32-22-10-19(11-22)15-37-47-17-21-13-25(40)20(9-18-5-2-1-3-6-18)12-26(41)24(14-28(43)44)38-27(42)16-36-30(46)23(39-29(21)45)7-4-8-35-31(33)34/h1-3,5-6,15,19-24H,4,7-14,16-17H2,(H,36,46)(H,38,42)(H,39,45)(H,43,44)(H4,33,34,35)/b37-15+/t19?,20-,21+,22?,23+,24?/m1/s1. The van der Waals surface area contributed by atoms with E-state index in [0.717, 1.165) is 5.56 Å². The SMILES string of the molecule is NC(N)=NCCC[C@@H]1NC(=O)[C@H](CO/N=C/C2CC(F)C2)CC(=O)[C@H](Cc2ccccc2)CC(=O)C(CC(=O)O)NC(=O)CNC1=O. The number of Topliss-reactive ketones (excluding diaryl/α,β-unsaturated/α-hetero) is 2. The summed E-state index contributed by atoms with van der Waals surface area (Å²) in [6.45, 7) is -0.837. The van der Waals surface area contributed by atoms with E-state index in [1.165, 1.54) is 6.21 Å². The number of aliphatic imine (C=N–C) groups is 1. The molecule has 0 aromatic heterocycles. The van der Waals surface area contributed by atoms with Crippen LogP contribution in [0.4, 0.5) is 4.39 Å². The summed E-state index contributed by atoms with van der Waals surface area (Å²) in [5.41, 5.74) is 11.5. The zero-order chi connectivity index (χ0) is 34.3. The van der Waals surface area contributed by atoms with Crippen LogP contribution in [0.5, 0.6) is 0 Å². The van der Waals surface area contributed by atoms with Crippen molar-refractivity contribution in [2.24, 2.45) is 39.4 Å². The molecule has 3 rings (SSSR count). The van der Waals surface area contributed by atoms with Gasteiger partial charge in [-0.15, -0.1) is 0 Å². The van der Waals surface area contributed by atoms with Crippen LogP contribution >= 0.6 is 0 Å². The third kappa shape index (κ3) is 12.8. The van der Waals surface area contributed by atoms with Crippen molar-refractivity contribution >= 4 is 47.4 Å². The normalized spacial score (nSPS) is 26.2. The van der Waals surface area contributed by atoms with E-state index in [-0.39, 0.29) is 44.3 Å². The first-order valence-corrected chi connectivity index (χ1v) is 15.4. The van der Waals surface area contributed by atoms with Crippen molar-refractivity contribution in [3.8, 4) is 0 Å². The Morgan fingerprint density at radius 3 is 2.34 bits per heavy atom. The molecular weight excluding hydrogens is 617 g/mol. The number of hydrogen-bond donors (Lipinski definition) is 6. The molecule has 1 aliphatic heterocycles. The van der Waals surface area contributed by atoms with Crippen molar-refractivity contribution in [3.63, 3.8) is 0 Å². The Labute approximate surface area is 271 Å². The predicted molar refractivity (Wildman–Crippen MR) is 167 cm³/mol. The number of carbonyl (C=O) groups is 6. The Balaban J connectivity index is 1.91. The summed E-state index contributed by atoms with van der Waals surface area (Å²) in [6, 6.07) is 6.18. The fourth-order valence-electron chi connectivity index (χ4n) is 5.21. The Morgan fingerprint density at radius 1 is 0.979 bits per heavy atom. The largest absolute Gasteiger partial charge is 0.481 e. The van der Waals surface area contributed by atoms with Gasteiger partial charge >= 0.3 is 5.97 Å². The van der Waals surface area contributed by atoms with Gasteiger partial charge in [0.25, 0.3) is 0 Å². The zero-order valence-corrected chi connectivity index (χ0v) is 25.9. The van der Waals surface area contributed by atoms with Crippen molar-refractivity contribution in [2.75, 3.05) is 19.7 Å². The molecule has 2 fully saturated rings. The number of hydrogen-bond acceptors (Lipinski definition) is 9. The van der Waals surface area contributed by atoms with E-state index in [9.17, 15) is 38.3 Å². The lowest BCUT2D eigenvalue weighted by atomic mass is 9.84. The van der Waals surface area contributed by atoms with E-state index in [4.69, 9.17) is 16.3 Å². The number of ketones is 2. The number of aliphatic carboxylic acids is 1. The molecular formula is C31H42FN7O8. The molecule has 0 spiro atoms. The van der Waals surface area contributed by atoms with Gasteiger partial charge in [-0.2, -0.15) is 0 Å². The smallest absolute Gasteiger partial charge is 0.305 e. The van der Waals surface area contributed by atoms with Crippen molar-refractivity contribution in [3.05, 3.63) is 35.9 Å². The Hall–Kier alpha value is -4.89. The number of nitrogens with two attached hydrogens (primary N) is 2. The topological polar surface area (TPSA) is 245 Å². The second kappa shape index (κ2) is 18.3. The van der Waals surface area contributed by atoms with Gasteiger partial charge in [-0.25, -0.2) is 4.39 Å². The molecule has 15 nitrogen and oxygen atoms in total. The Kier molecular flexibility index (Phi) is 14.2. The minimum Gasteiger partial charge on any atom is -0.481 e. The monoisotopic (exact) mass is 659 g/mol. The zero-order valence-electron chi connectivity index (χ0n) is 25.9. The third-order valence-corrected chi connectivity index (χ3v) is 7.89. The molecule has 1 saturated heterocycles. The molecule has 8 N–H and O–H groups in total. The lowest BCUT2D eigenvalue weighted by Crippen LogP contribution is -2.52. The first-order valence-electron chi connectivity index (χ1n) is 15.4. The lowest BCUT2D eigenvalue weighted by molar-refractivity contribution is -0.140. The summed E-state index contributed by atoms with van der Waals surface area (Å²) in [5.74, 6) is -7.23. The molecule has 1 saturated carbocycles. The number of amides is 3. The predicted octanol–water partition coefficient (Wildman–Crippen LogP) is -0.242. The van der Waals surface area contributed by atoms with Crippen LogP contribution in [0, 0.1) is 17.8 Å². The van der Waals surface area contributed by atoms with Gasteiger partial charge < -0.3 is 37.4 Å². The molecule has 1 aromatic carbocycles. The van der Waals surface area contributed by atoms with Crippen LogP contribution < -0.4 is 27.4 Å². The summed E-state index contributed by atoms with van der Waals surface area (Å²) < 4.78 is 13.2. The number of nitrogens with one attached hydrogen (secondary N) is 3. The van der Waals surface area contributed by atoms with Gasteiger partial charge in [-0.3, -0.25) is 33.8 Å². The molecule has 0 radical (unpaired) electrons. The van der Waals surface area contributed by atoms with Crippen LogP contribution in [0.25, 0.3) is 0 Å². The molecule has 0 bridgehead atoms. The molecule has 2 aliphatic rings. The van der Waals surface area contributed by atoms with Crippen LogP contribution in [0.3, 0.4) is 0 Å². The van der Waals surface area contributed by atoms with Gasteiger partial charge in [0.15, 0.2) is 11.7 Å². The number of rotatable bonds is 12. The van der Waals surface area contributed by atoms with Crippen LogP contribution in [0.1, 0.15) is 50.5 Å². The highest BCUT2D eigenvalue weighted by Gasteiger charge is 2.34. The van der Waals surface area contributed by atoms with E-state index < -0.39 is 91.2 Å². The molecule has 256 valence electrons. The number of carboxylic acids is 1. The number of nitrogens with zero attached hydrogens (tertiary/aromatic N) is 2. The number of guanidine groups is 1. The molecule has 1 heterocycles. The van der Waals surface area contributed by atoms with Crippen molar-refractivity contribution in [1.29, 1.82) is 0 Å². The molecule has 4 atom stereocenters. The molecule has 1 aliphatic carbocycles. The van der Waals surface area contributed by atoms with E-state index in [0.29, 0.717) is 12.8 Å². The van der Waals surface area contributed by atoms with Gasteiger partial charge in [-0.1, -0.05) is 35.5 Å². The summed E-state index contributed by atoms with van der Waals surface area (Å²) in [7, 11) is 0. The van der Waals surface area contributed by atoms with Gasteiger partial charge in [0.05, 0.1) is 24.9 Å². The number of halogens is 1. The summed E-state index contributed by atoms with van der Waals surface area (Å²) >= 11 is 0. The minimum absolute atomic E-state index is 0.0541. The maximum absolute atomic E-state index is 13.8. The average molecular weight is 660 g/mol. The van der Waals surface area contributed by atoms with Crippen molar-refractivity contribution in [2.45, 2.75) is 69.6 Å². The lowest BCUT2D eigenvalue weighted by Gasteiger charge is -2.25. The molecule has 47 heavy (non-hydrogen) atoms. The first kappa shape index (κ1) is 36.6. The van der Waals surface area contributed by atoms with Gasteiger partial charge in [-0.05, 0) is 37.7 Å². The molecule has 3 amide bonds. The van der Waals surface area contributed by atoms with Crippen molar-refractivity contribution < 1.29 is 43.1 Å². The highest BCUT2D eigenvalue weighted by Crippen LogP contribution is 2.28. The fourth-order valence-corrected chi connectivity index (χ4v) is 5.21. The van der Waals surface area contributed by atoms with Gasteiger partial charge in [0, 0.05) is 37.4 Å². The van der Waals surface area contributed by atoms with Crippen LogP contribution in [0.2, 0.25) is 0 Å². The van der Waals surface area contributed by atoms with E-state index in [1.54, 1.807) is 30.3 Å². The van der Waals surface area contributed by atoms with E-state index >= 15 is 0 Å². The first-order chi connectivity index (χ1) is 22.4. The number of carbonyl (C=O) groups excluding carboxylic acids is 5. The van der Waals surface area contributed by atoms with Gasteiger partial charge in [0.1, 0.15) is 24.6 Å². The Bertz CT molecular complexity index is 1330. The number of benzene rings is 1. The number of carboxylic acid groups (broad SMARTS) is 1. The highest BCUT2D eigenvalue weighted by molar-refractivity contribution is 5.98. The number of alkyl halides is 1. The summed E-state index contributed by atoms with van der Waals surface area (Å²) in [4.78, 5) is 87.4. The van der Waals surface area contributed by atoms with E-state index in [1.807, 2.05) is 0 Å². The molecule has 1 aromatic rings. The molecule has 1 unspecified atom stereocenters.